The molecule has 9 heteroatoms. The summed E-state index contributed by atoms with van der Waals surface area (Å²) in [5.74, 6) is 1.88. The fourth-order valence-corrected chi connectivity index (χ4v) is 5.31. The predicted molar refractivity (Wildman–Crippen MR) is 170 cm³/mol. The normalized spacial score (nSPS) is 13.5. The Hall–Kier alpha value is -5.10. The maximum Gasteiger partial charge on any atom is 0.241 e. The molecule has 1 aliphatic heterocycles. The number of piperazine rings is 1. The zero-order chi connectivity index (χ0) is 30.3. The maximum atomic E-state index is 13.0. The number of amides is 1. The molecule has 220 valence electrons. The first-order chi connectivity index (χ1) is 21.5. The zero-order valence-electron chi connectivity index (χ0n) is 24.0. The average Bonchev–Trinajstić information content (AvgIpc) is 3.47. The molecule has 1 saturated heterocycles. The van der Waals surface area contributed by atoms with Crippen molar-refractivity contribution in [3.63, 3.8) is 0 Å². The van der Waals surface area contributed by atoms with Crippen molar-refractivity contribution in [2.75, 3.05) is 24.5 Å². The van der Waals surface area contributed by atoms with Crippen LogP contribution in [-0.4, -0.2) is 40.0 Å². The fraction of sp³-hybridized carbons (Fsp3) is 0.171. The number of aromatic nitrogens is 2. The molecule has 8 nitrogen and oxygen atoms in total. The van der Waals surface area contributed by atoms with E-state index in [0.717, 1.165) is 34.8 Å². The summed E-state index contributed by atoms with van der Waals surface area (Å²) >= 11 is 6.14. The van der Waals surface area contributed by atoms with Gasteiger partial charge in [-0.1, -0.05) is 60.1 Å². The van der Waals surface area contributed by atoms with E-state index in [2.05, 4.69) is 19.3 Å². The van der Waals surface area contributed by atoms with E-state index in [0.29, 0.717) is 55.0 Å². The number of nitrogens with zero attached hydrogens (tertiary/aromatic N) is 5. The number of benzene rings is 4. The molecule has 4 aromatic carbocycles. The number of rotatable bonds is 10. The second-order valence-electron chi connectivity index (χ2n) is 10.5. The van der Waals surface area contributed by atoms with Crippen LogP contribution in [0.2, 0.25) is 5.02 Å². The largest absolute Gasteiger partial charge is 0.489 e. The Labute approximate surface area is 261 Å². The molecule has 6 rings (SSSR count). The summed E-state index contributed by atoms with van der Waals surface area (Å²) in [5, 5.41) is 0.613. The lowest BCUT2D eigenvalue weighted by atomic mass is 10.1. The summed E-state index contributed by atoms with van der Waals surface area (Å²) in [4.78, 5) is 24.9. The topological polar surface area (TPSA) is 64.2 Å². The lowest BCUT2D eigenvalue weighted by molar-refractivity contribution is -0.121. The van der Waals surface area contributed by atoms with Gasteiger partial charge in [-0.25, -0.2) is 9.83 Å². The summed E-state index contributed by atoms with van der Waals surface area (Å²) < 4.78 is 14.1. The van der Waals surface area contributed by atoms with Gasteiger partial charge in [0.15, 0.2) is 0 Å². The van der Waals surface area contributed by atoms with Crippen molar-refractivity contribution in [3.05, 3.63) is 143 Å². The molecular formula is C35H30ClN5O3. The third kappa shape index (κ3) is 7.09. The van der Waals surface area contributed by atoms with Gasteiger partial charge in [0.05, 0.1) is 25.1 Å². The Kier molecular flexibility index (Phi) is 8.87. The van der Waals surface area contributed by atoms with Crippen LogP contribution in [0.15, 0.2) is 110 Å². The van der Waals surface area contributed by atoms with Crippen LogP contribution >= 0.6 is 11.6 Å². The van der Waals surface area contributed by atoms with E-state index in [4.69, 9.17) is 27.6 Å². The zero-order valence-corrected chi connectivity index (χ0v) is 24.7. The number of carbonyl (C=O) groups is 1. The number of imidazole rings is 1. The fourth-order valence-electron chi connectivity index (χ4n) is 5.12. The van der Waals surface area contributed by atoms with E-state index >= 15 is 0 Å². The monoisotopic (exact) mass is 603 g/mol. The molecule has 0 unspecified atom stereocenters. The maximum absolute atomic E-state index is 13.0. The van der Waals surface area contributed by atoms with Gasteiger partial charge in [0.2, 0.25) is 11.6 Å². The highest BCUT2D eigenvalue weighted by Crippen LogP contribution is 2.34. The minimum absolute atomic E-state index is 0.0388. The SMILES string of the molecule is [C-]#[N+]c1ccc(Cn2cncc2CN2CCN(c3cccc(Cl)c3)C(=O)C2)cc1Oc1ccc(OCc2ccccc2)cc1. The summed E-state index contributed by atoms with van der Waals surface area (Å²) in [6.45, 7) is 10.9. The van der Waals surface area contributed by atoms with Gasteiger partial charge in [0, 0.05) is 43.1 Å². The first-order valence-corrected chi connectivity index (χ1v) is 14.6. The Morgan fingerprint density at radius 2 is 1.68 bits per heavy atom. The third-order valence-electron chi connectivity index (χ3n) is 7.40. The van der Waals surface area contributed by atoms with Crippen LogP contribution in [0.25, 0.3) is 4.85 Å². The van der Waals surface area contributed by atoms with Crippen LogP contribution in [0.5, 0.6) is 17.2 Å². The van der Waals surface area contributed by atoms with Crippen LogP contribution in [0, 0.1) is 6.57 Å². The van der Waals surface area contributed by atoms with Gasteiger partial charge in [-0.3, -0.25) is 9.69 Å². The smallest absolute Gasteiger partial charge is 0.241 e. The molecular weight excluding hydrogens is 574 g/mol. The third-order valence-corrected chi connectivity index (χ3v) is 7.64. The summed E-state index contributed by atoms with van der Waals surface area (Å²) in [6.07, 6.45) is 3.62. The Balaban J connectivity index is 1.08. The van der Waals surface area contributed by atoms with E-state index in [9.17, 15) is 4.79 Å². The number of hydrogen-bond donors (Lipinski definition) is 0. The van der Waals surface area contributed by atoms with E-state index in [1.165, 1.54) is 0 Å². The Morgan fingerprint density at radius 1 is 0.864 bits per heavy atom. The predicted octanol–water partition coefficient (Wildman–Crippen LogP) is 7.36. The minimum Gasteiger partial charge on any atom is -0.489 e. The van der Waals surface area contributed by atoms with E-state index < -0.39 is 0 Å². The van der Waals surface area contributed by atoms with Crippen molar-refractivity contribution in [2.45, 2.75) is 19.7 Å². The molecule has 1 fully saturated rings. The lowest BCUT2D eigenvalue weighted by Gasteiger charge is -2.34. The van der Waals surface area contributed by atoms with Crippen molar-refractivity contribution < 1.29 is 14.3 Å². The van der Waals surface area contributed by atoms with Crippen molar-refractivity contribution in [1.82, 2.24) is 14.5 Å². The number of anilines is 1. The summed E-state index contributed by atoms with van der Waals surface area (Å²) in [7, 11) is 0. The van der Waals surface area contributed by atoms with Crippen LogP contribution in [0.3, 0.4) is 0 Å². The van der Waals surface area contributed by atoms with Crippen LogP contribution in [0.4, 0.5) is 11.4 Å². The van der Waals surface area contributed by atoms with Crippen molar-refractivity contribution in [2.24, 2.45) is 0 Å². The molecule has 0 atom stereocenters. The molecule has 1 aliphatic rings. The molecule has 44 heavy (non-hydrogen) atoms. The first kappa shape index (κ1) is 29.0. The van der Waals surface area contributed by atoms with Gasteiger partial charge in [0.25, 0.3) is 0 Å². The van der Waals surface area contributed by atoms with Gasteiger partial charge >= 0.3 is 0 Å². The minimum atomic E-state index is 0.0388. The molecule has 2 heterocycles. The first-order valence-electron chi connectivity index (χ1n) is 14.3. The highest BCUT2D eigenvalue weighted by atomic mass is 35.5. The van der Waals surface area contributed by atoms with Crippen molar-refractivity contribution >= 4 is 28.9 Å². The van der Waals surface area contributed by atoms with Gasteiger partial charge in [-0.15, -0.1) is 0 Å². The standard InChI is InChI=1S/C35H30ClN5O3/c1-37-33-15-10-27(18-34(33)44-32-13-11-31(12-14-32)43-24-26-6-3-2-4-7-26)21-40-25-38-20-30(40)22-39-16-17-41(35(42)23-39)29-9-5-8-28(36)19-29/h2-15,18-20,25H,16-17,21-24H2. The highest BCUT2D eigenvalue weighted by Gasteiger charge is 2.26. The Bertz CT molecular complexity index is 1780. The molecule has 0 bridgehead atoms. The molecule has 0 saturated carbocycles. The van der Waals surface area contributed by atoms with Gasteiger partial charge in [-0.05, 0) is 59.7 Å². The van der Waals surface area contributed by atoms with Crippen LogP contribution in [-0.2, 0) is 24.5 Å². The highest BCUT2D eigenvalue weighted by molar-refractivity contribution is 6.30. The van der Waals surface area contributed by atoms with Gasteiger partial charge in [0.1, 0.15) is 23.9 Å². The summed E-state index contributed by atoms with van der Waals surface area (Å²) in [6, 6.07) is 30.4. The molecule has 1 aromatic heterocycles. The number of halogens is 1. The molecule has 0 radical (unpaired) electrons. The second-order valence-corrected chi connectivity index (χ2v) is 10.9. The van der Waals surface area contributed by atoms with Crippen LogP contribution in [0.1, 0.15) is 16.8 Å². The van der Waals surface area contributed by atoms with Crippen molar-refractivity contribution in [3.8, 4) is 17.2 Å². The van der Waals surface area contributed by atoms with E-state index in [-0.39, 0.29) is 5.91 Å². The molecule has 5 aromatic rings. The average molecular weight is 604 g/mol. The molecule has 1 amide bonds. The van der Waals surface area contributed by atoms with Gasteiger partial charge < -0.3 is 18.9 Å². The summed E-state index contributed by atoms with van der Waals surface area (Å²) in [5.41, 5.74) is 4.31. The Morgan fingerprint density at radius 3 is 2.45 bits per heavy atom. The quantitative estimate of drug-likeness (QED) is 0.156. The van der Waals surface area contributed by atoms with Crippen molar-refractivity contribution in [1.29, 1.82) is 0 Å². The second kappa shape index (κ2) is 13.5. The van der Waals surface area contributed by atoms with E-state index in [1.807, 2.05) is 91.1 Å². The van der Waals surface area contributed by atoms with Gasteiger partial charge in [-0.2, -0.15) is 0 Å². The number of ether oxygens (including phenoxy) is 2. The lowest BCUT2D eigenvalue weighted by Crippen LogP contribution is -2.50. The number of carbonyl (C=O) groups excluding carboxylic acids is 1. The molecule has 0 aliphatic carbocycles. The van der Waals surface area contributed by atoms with Crippen LogP contribution < -0.4 is 14.4 Å². The molecule has 0 spiro atoms. The number of hydrogen-bond acceptors (Lipinski definition) is 5. The molecule has 0 N–H and O–H groups in total. The van der Waals surface area contributed by atoms with E-state index in [1.54, 1.807) is 23.4 Å².